The SMILES string of the molecule is C=CCC(C)(C)C(O)C=C1[C@@H]2CC[C@H]1N=N2. The van der Waals surface area contributed by atoms with Gasteiger partial charge in [-0.3, -0.25) is 0 Å². The molecule has 88 valence electrons. The summed E-state index contributed by atoms with van der Waals surface area (Å²) >= 11 is 0. The van der Waals surface area contributed by atoms with Crippen molar-refractivity contribution in [2.75, 3.05) is 0 Å². The minimum absolute atomic E-state index is 0.156. The van der Waals surface area contributed by atoms with Gasteiger partial charge in [0.1, 0.15) is 0 Å². The van der Waals surface area contributed by atoms with Crippen LogP contribution < -0.4 is 0 Å². The molecule has 1 unspecified atom stereocenters. The number of hydrogen-bond donors (Lipinski definition) is 1. The van der Waals surface area contributed by atoms with E-state index in [2.05, 4.69) is 30.7 Å². The number of rotatable bonds is 4. The molecule has 2 rings (SSSR count). The van der Waals surface area contributed by atoms with Crippen LogP contribution in [0.5, 0.6) is 0 Å². The van der Waals surface area contributed by atoms with E-state index in [1.165, 1.54) is 5.57 Å². The second-order valence-corrected chi connectivity index (χ2v) is 5.43. The summed E-state index contributed by atoms with van der Waals surface area (Å²) in [6.07, 6.45) is 6.39. The maximum Gasteiger partial charge on any atom is 0.0941 e. The van der Waals surface area contributed by atoms with Gasteiger partial charge in [-0.05, 0) is 30.3 Å². The van der Waals surface area contributed by atoms with Gasteiger partial charge in [0, 0.05) is 0 Å². The van der Waals surface area contributed by atoms with Crippen LogP contribution in [-0.2, 0) is 0 Å². The fourth-order valence-electron chi connectivity index (χ4n) is 2.40. The van der Waals surface area contributed by atoms with Crippen molar-refractivity contribution >= 4 is 0 Å². The Morgan fingerprint density at radius 1 is 1.44 bits per heavy atom. The molecular weight excluding hydrogens is 200 g/mol. The van der Waals surface area contributed by atoms with E-state index in [4.69, 9.17) is 0 Å². The molecule has 1 fully saturated rings. The minimum atomic E-state index is -0.438. The van der Waals surface area contributed by atoms with Crippen molar-refractivity contribution in [2.24, 2.45) is 15.6 Å². The Kier molecular flexibility index (Phi) is 2.98. The van der Waals surface area contributed by atoms with Crippen LogP contribution in [0.15, 0.2) is 34.5 Å². The summed E-state index contributed by atoms with van der Waals surface area (Å²) in [4.78, 5) is 0. The Hall–Kier alpha value is -0.960. The van der Waals surface area contributed by atoms with Gasteiger partial charge in [0.15, 0.2) is 0 Å². The highest BCUT2D eigenvalue weighted by Crippen LogP contribution is 2.38. The molecule has 1 aliphatic carbocycles. The van der Waals surface area contributed by atoms with Gasteiger partial charge in [0.25, 0.3) is 0 Å². The lowest BCUT2D eigenvalue weighted by atomic mass is 9.82. The van der Waals surface area contributed by atoms with Crippen molar-refractivity contribution in [2.45, 2.75) is 51.3 Å². The first-order valence-electron chi connectivity index (χ1n) is 5.95. The molecule has 0 aromatic rings. The lowest BCUT2D eigenvalue weighted by molar-refractivity contribution is 0.0921. The fraction of sp³-hybridized carbons (Fsp3) is 0.692. The van der Waals surface area contributed by atoms with E-state index in [1.807, 2.05) is 12.2 Å². The summed E-state index contributed by atoms with van der Waals surface area (Å²) < 4.78 is 0. The first kappa shape index (κ1) is 11.5. The van der Waals surface area contributed by atoms with Crippen LogP contribution >= 0.6 is 0 Å². The molecule has 3 atom stereocenters. The molecule has 0 aromatic heterocycles. The number of aliphatic hydroxyl groups excluding tert-OH is 1. The quantitative estimate of drug-likeness (QED) is 0.727. The molecule has 2 bridgehead atoms. The number of aliphatic hydroxyl groups is 1. The average Bonchev–Trinajstić information content (AvgIpc) is 2.78. The molecule has 1 saturated carbocycles. The number of fused-ring (bicyclic) bond motifs is 2. The van der Waals surface area contributed by atoms with Crippen molar-refractivity contribution in [1.29, 1.82) is 0 Å². The normalized spacial score (nSPS) is 32.3. The van der Waals surface area contributed by atoms with Crippen LogP contribution in [0.3, 0.4) is 0 Å². The third-order valence-corrected chi connectivity index (χ3v) is 3.65. The lowest BCUT2D eigenvalue weighted by Crippen LogP contribution is -2.28. The molecule has 1 aliphatic heterocycles. The van der Waals surface area contributed by atoms with Crippen molar-refractivity contribution < 1.29 is 5.11 Å². The Bertz CT molecular complexity index is 328. The van der Waals surface area contributed by atoms with E-state index < -0.39 is 6.10 Å². The zero-order chi connectivity index (χ0) is 11.8. The molecule has 0 aromatic carbocycles. The molecule has 0 spiro atoms. The van der Waals surface area contributed by atoms with Gasteiger partial charge in [-0.25, -0.2) is 0 Å². The van der Waals surface area contributed by atoms with E-state index in [1.54, 1.807) is 0 Å². The van der Waals surface area contributed by atoms with Crippen molar-refractivity contribution in [3.63, 3.8) is 0 Å². The van der Waals surface area contributed by atoms with Crippen molar-refractivity contribution in [3.8, 4) is 0 Å². The van der Waals surface area contributed by atoms with Crippen LogP contribution in [0.1, 0.15) is 33.1 Å². The second kappa shape index (κ2) is 4.13. The summed E-state index contributed by atoms with van der Waals surface area (Å²) in [5.74, 6) is 0. The molecule has 1 N–H and O–H groups in total. The molecular formula is C13H20N2O. The molecule has 16 heavy (non-hydrogen) atoms. The van der Waals surface area contributed by atoms with E-state index in [-0.39, 0.29) is 17.5 Å². The van der Waals surface area contributed by atoms with E-state index >= 15 is 0 Å². The number of allylic oxidation sites excluding steroid dienone is 1. The van der Waals surface area contributed by atoms with Gasteiger partial charge in [0.05, 0.1) is 18.2 Å². The molecule has 0 radical (unpaired) electrons. The highest BCUT2D eigenvalue weighted by atomic mass is 16.3. The molecule has 1 heterocycles. The smallest absolute Gasteiger partial charge is 0.0941 e. The van der Waals surface area contributed by atoms with E-state index in [9.17, 15) is 5.11 Å². The van der Waals surface area contributed by atoms with Crippen LogP contribution in [0.2, 0.25) is 0 Å². The predicted molar refractivity (Wildman–Crippen MR) is 64.4 cm³/mol. The maximum atomic E-state index is 10.2. The second-order valence-electron chi connectivity index (χ2n) is 5.43. The first-order chi connectivity index (χ1) is 7.54. The predicted octanol–water partition coefficient (Wildman–Crippen LogP) is 2.87. The Morgan fingerprint density at radius 3 is 2.44 bits per heavy atom. The molecule has 0 saturated heterocycles. The standard InChI is InChI=1S/C13H20N2O/c1-4-7-13(2,3)12(16)8-9-10-5-6-11(9)15-14-10/h4,8,10-12,16H,1,5-7H2,2-3H3/t10-,11+,12?. The number of azo groups is 1. The summed E-state index contributed by atoms with van der Waals surface area (Å²) in [6, 6.07) is 0.498. The summed E-state index contributed by atoms with van der Waals surface area (Å²) in [6.45, 7) is 7.85. The van der Waals surface area contributed by atoms with Crippen LogP contribution in [-0.4, -0.2) is 23.3 Å². The van der Waals surface area contributed by atoms with Crippen LogP contribution in [0, 0.1) is 5.41 Å². The topological polar surface area (TPSA) is 45.0 Å². The summed E-state index contributed by atoms with van der Waals surface area (Å²) in [5.41, 5.74) is 1.07. The summed E-state index contributed by atoms with van der Waals surface area (Å²) in [7, 11) is 0. The van der Waals surface area contributed by atoms with Crippen LogP contribution in [0.25, 0.3) is 0 Å². The third-order valence-electron chi connectivity index (χ3n) is 3.65. The third kappa shape index (κ3) is 1.96. The maximum absolute atomic E-state index is 10.2. The van der Waals surface area contributed by atoms with Gasteiger partial charge in [-0.2, -0.15) is 10.2 Å². The highest BCUT2D eigenvalue weighted by Gasteiger charge is 2.37. The van der Waals surface area contributed by atoms with Crippen molar-refractivity contribution in [3.05, 3.63) is 24.3 Å². The van der Waals surface area contributed by atoms with Crippen LogP contribution in [0.4, 0.5) is 0 Å². The zero-order valence-electron chi connectivity index (χ0n) is 10.1. The van der Waals surface area contributed by atoms with Gasteiger partial charge >= 0.3 is 0 Å². The first-order valence-corrected chi connectivity index (χ1v) is 5.95. The van der Waals surface area contributed by atoms with E-state index in [0.717, 1.165) is 19.3 Å². The largest absolute Gasteiger partial charge is 0.388 e. The molecule has 3 nitrogen and oxygen atoms in total. The van der Waals surface area contributed by atoms with Gasteiger partial charge in [-0.1, -0.05) is 26.0 Å². The molecule has 2 aliphatic rings. The highest BCUT2D eigenvalue weighted by molar-refractivity contribution is 5.28. The Labute approximate surface area is 97.0 Å². The Morgan fingerprint density at radius 2 is 2.00 bits per heavy atom. The minimum Gasteiger partial charge on any atom is -0.388 e. The van der Waals surface area contributed by atoms with Gasteiger partial charge in [-0.15, -0.1) is 6.58 Å². The van der Waals surface area contributed by atoms with Crippen molar-refractivity contribution in [1.82, 2.24) is 0 Å². The van der Waals surface area contributed by atoms with E-state index in [0.29, 0.717) is 0 Å². The lowest BCUT2D eigenvalue weighted by Gasteiger charge is -2.27. The average molecular weight is 220 g/mol. The number of hydrogen-bond acceptors (Lipinski definition) is 3. The molecule has 0 amide bonds. The zero-order valence-corrected chi connectivity index (χ0v) is 10.1. The fourth-order valence-corrected chi connectivity index (χ4v) is 2.40. The van der Waals surface area contributed by atoms with Gasteiger partial charge < -0.3 is 5.11 Å². The van der Waals surface area contributed by atoms with Gasteiger partial charge in [0.2, 0.25) is 0 Å². The monoisotopic (exact) mass is 220 g/mol. The summed E-state index contributed by atoms with van der Waals surface area (Å²) in [5, 5.41) is 18.6. The number of nitrogens with zero attached hydrogens (tertiary/aromatic N) is 2. The Balaban J connectivity index is 2.10. The molecule has 3 heteroatoms.